The Kier molecular flexibility index (Phi) is 6.09. The Bertz CT molecular complexity index is 840. The van der Waals surface area contributed by atoms with Gasteiger partial charge in [0.15, 0.2) is 0 Å². The Morgan fingerprint density at radius 1 is 1.22 bits per heavy atom. The van der Waals surface area contributed by atoms with Crippen LogP contribution in [0.4, 0.5) is 5.69 Å². The Hall–Kier alpha value is -3.03. The van der Waals surface area contributed by atoms with Crippen molar-refractivity contribution in [1.82, 2.24) is 0 Å². The molecule has 144 valence electrons. The molecule has 0 fully saturated rings. The monoisotopic (exact) mass is 374 g/mol. The van der Waals surface area contributed by atoms with Gasteiger partial charge >= 0.3 is 11.9 Å². The minimum absolute atomic E-state index is 0.124. The van der Waals surface area contributed by atoms with E-state index in [9.17, 15) is 19.7 Å². The molecule has 8 heteroatoms. The molecule has 0 spiro atoms. The molecule has 1 aliphatic rings. The number of nitro groups is 1. The first-order valence-corrected chi connectivity index (χ1v) is 8.47. The summed E-state index contributed by atoms with van der Waals surface area (Å²) in [6.07, 6.45) is -0.396. The van der Waals surface area contributed by atoms with Gasteiger partial charge in [0.25, 0.3) is 5.69 Å². The van der Waals surface area contributed by atoms with Crippen LogP contribution >= 0.6 is 0 Å². The van der Waals surface area contributed by atoms with Crippen molar-refractivity contribution in [3.8, 4) is 0 Å². The van der Waals surface area contributed by atoms with E-state index in [4.69, 9.17) is 9.47 Å². The van der Waals surface area contributed by atoms with Crippen molar-refractivity contribution in [1.29, 1.82) is 0 Å². The van der Waals surface area contributed by atoms with E-state index in [2.05, 4.69) is 4.99 Å². The number of allylic oxidation sites excluding steroid dienone is 1. The Morgan fingerprint density at radius 2 is 1.85 bits per heavy atom. The first kappa shape index (κ1) is 20.3. The van der Waals surface area contributed by atoms with Gasteiger partial charge in [-0.05, 0) is 27.7 Å². The molecule has 0 saturated carbocycles. The van der Waals surface area contributed by atoms with E-state index in [1.54, 1.807) is 33.8 Å². The third-order valence-electron chi connectivity index (χ3n) is 4.31. The van der Waals surface area contributed by atoms with Crippen molar-refractivity contribution < 1.29 is 24.0 Å². The highest BCUT2D eigenvalue weighted by Gasteiger charge is 2.44. The molecule has 0 radical (unpaired) electrons. The zero-order valence-corrected chi connectivity index (χ0v) is 15.9. The molecule has 0 aliphatic carbocycles. The van der Waals surface area contributed by atoms with E-state index >= 15 is 0 Å². The van der Waals surface area contributed by atoms with Crippen LogP contribution in [-0.4, -0.2) is 35.8 Å². The number of para-hydroxylation sites is 1. The van der Waals surface area contributed by atoms with Gasteiger partial charge in [-0.1, -0.05) is 18.2 Å². The van der Waals surface area contributed by atoms with Crippen LogP contribution in [0, 0.1) is 16.0 Å². The number of carbonyl (C=O) groups is 2. The molecule has 1 heterocycles. The minimum Gasteiger partial charge on any atom is -0.468 e. The lowest BCUT2D eigenvalue weighted by atomic mass is 9.75. The molecule has 8 nitrogen and oxygen atoms in total. The van der Waals surface area contributed by atoms with Crippen molar-refractivity contribution >= 4 is 23.3 Å². The van der Waals surface area contributed by atoms with Crippen LogP contribution in [0.15, 0.2) is 40.5 Å². The van der Waals surface area contributed by atoms with Gasteiger partial charge < -0.3 is 9.47 Å². The van der Waals surface area contributed by atoms with Crippen molar-refractivity contribution in [3.05, 3.63) is 51.2 Å². The predicted octanol–water partition coefficient (Wildman–Crippen LogP) is 3.17. The average molecular weight is 374 g/mol. The minimum atomic E-state index is -0.963. The third-order valence-corrected chi connectivity index (χ3v) is 4.31. The van der Waals surface area contributed by atoms with Crippen LogP contribution in [0.25, 0.3) is 0 Å². The van der Waals surface area contributed by atoms with Crippen LogP contribution in [0.1, 0.15) is 39.2 Å². The summed E-state index contributed by atoms with van der Waals surface area (Å²) < 4.78 is 10.2. The van der Waals surface area contributed by atoms with E-state index in [1.165, 1.54) is 25.3 Å². The summed E-state index contributed by atoms with van der Waals surface area (Å²) in [5.74, 6) is -3.17. The second-order valence-corrected chi connectivity index (χ2v) is 6.50. The van der Waals surface area contributed by atoms with Gasteiger partial charge in [-0.15, -0.1) is 0 Å². The number of benzene rings is 1. The highest BCUT2D eigenvalue weighted by Crippen LogP contribution is 2.43. The summed E-state index contributed by atoms with van der Waals surface area (Å²) in [6, 6.07) is 6.03. The molecule has 0 N–H and O–H groups in total. The number of hydrogen-bond donors (Lipinski definition) is 0. The fourth-order valence-electron chi connectivity index (χ4n) is 3.26. The first-order valence-electron chi connectivity index (χ1n) is 8.47. The Labute approximate surface area is 157 Å². The summed E-state index contributed by atoms with van der Waals surface area (Å²) in [5.41, 5.74) is 0.958. The largest absolute Gasteiger partial charge is 0.468 e. The fourth-order valence-corrected chi connectivity index (χ4v) is 3.26. The van der Waals surface area contributed by atoms with E-state index in [0.29, 0.717) is 11.4 Å². The number of methoxy groups -OCH3 is 1. The lowest BCUT2D eigenvalue weighted by molar-refractivity contribution is -0.385. The van der Waals surface area contributed by atoms with Gasteiger partial charge in [-0.25, -0.2) is 4.79 Å². The normalized spacial score (nSPS) is 19.6. The molecule has 27 heavy (non-hydrogen) atoms. The van der Waals surface area contributed by atoms with E-state index in [0.717, 1.165) is 0 Å². The van der Waals surface area contributed by atoms with E-state index in [-0.39, 0.29) is 16.8 Å². The Balaban J connectivity index is 2.75. The van der Waals surface area contributed by atoms with Crippen molar-refractivity contribution in [3.63, 3.8) is 0 Å². The summed E-state index contributed by atoms with van der Waals surface area (Å²) in [4.78, 5) is 40.6. The molecule has 0 saturated heterocycles. The summed E-state index contributed by atoms with van der Waals surface area (Å²) in [6.45, 7) is 6.65. The number of hydrogen-bond acceptors (Lipinski definition) is 7. The summed E-state index contributed by atoms with van der Waals surface area (Å²) in [5, 5.41) is 11.6. The standard InChI is InChI=1S/C19H22N2O6/c1-10(2)27-19(23)16-12(4)20-11(3)15(18(22)26-5)17(16)13-8-6-7-9-14(13)21(24)25/h6-10,15,17H,1-5H3/t15?,17-/m0/s1. The molecule has 1 aliphatic heterocycles. The topological polar surface area (TPSA) is 108 Å². The summed E-state index contributed by atoms with van der Waals surface area (Å²) in [7, 11) is 1.23. The van der Waals surface area contributed by atoms with E-state index < -0.39 is 34.8 Å². The predicted molar refractivity (Wildman–Crippen MR) is 98.4 cm³/mol. The third kappa shape index (κ3) is 4.05. The van der Waals surface area contributed by atoms with E-state index in [1.807, 2.05) is 0 Å². The van der Waals surface area contributed by atoms with Gasteiger partial charge in [-0.3, -0.25) is 19.9 Å². The molecule has 2 rings (SSSR count). The van der Waals surface area contributed by atoms with Gasteiger partial charge in [0.1, 0.15) is 5.92 Å². The molecule has 0 aromatic heterocycles. The van der Waals surface area contributed by atoms with Gasteiger partial charge in [0.2, 0.25) is 0 Å². The molecular formula is C19H22N2O6. The maximum atomic E-state index is 12.8. The molecule has 0 bridgehead atoms. The number of nitrogens with zero attached hydrogens (tertiary/aromatic N) is 2. The van der Waals surface area contributed by atoms with Crippen LogP contribution in [0.2, 0.25) is 0 Å². The molecule has 0 amide bonds. The smallest absolute Gasteiger partial charge is 0.336 e. The highest BCUT2D eigenvalue weighted by atomic mass is 16.6. The molecule has 1 aromatic rings. The maximum Gasteiger partial charge on any atom is 0.336 e. The number of aliphatic imine (C=N–C) groups is 1. The second-order valence-electron chi connectivity index (χ2n) is 6.50. The zero-order chi connectivity index (χ0) is 20.3. The SMILES string of the molecule is COC(=O)C1C(C)=NC(C)=C(C(=O)OC(C)C)[C@H]1c1ccccc1[N+](=O)[O-]. The lowest BCUT2D eigenvalue weighted by Crippen LogP contribution is -2.36. The van der Waals surface area contributed by atoms with Crippen LogP contribution in [0.3, 0.4) is 0 Å². The molecule has 1 aromatic carbocycles. The molecule has 2 atom stereocenters. The first-order chi connectivity index (χ1) is 12.7. The number of rotatable bonds is 5. The second kappa shape index (κ2) is 8.11. The van der Waals surface area contributed by atoms with Gasteiger partial charge in [0, 0.05) is 29.0 Å². The van der Waals surface area contributed by atoms with Crippen molar-refractivity contribution in [2.45, 2.75) is 39.7 Å². The van der Waals surface area contributed by atoms with Crippen LogP contribution in [0.5, 0.6) is 0 Å². The number of esters is 2. The van der Waals surface area contributed by atoms with Crippen LogP contribution in [-0.2, 0) is 19.1 Å². The quantitative estimate of drug-likeness (QED) is 0.445. The maximum absolute atomic E-state index is 12.8. The average Bonchev–Trinajstić information content (AvgIpc) is 2.59. The number of nitro benzene ring substituents is 1. The van der Waals surface area contributed by atoms with Crippen LogP contribution < -0.4 is 0 Å². The van der Waals surface area contributed by atoms with Crippen molar-refractivity contribution in [2.75, 3.05) is 7.11 Å². The van der Waals surface area contributed by atoms with Crippen molar-refractivity contribution in [2.24, 2.45) is 10.9 Å². The zero-order valence-electron chi connectivity index (χ0n) is 15.9. The lowest BCUT2D eigenvalue weighted by Gasteiger charge is -2.31. The van der Waals surface area contributed by atoms with Gasteiger partial charge in [-0.2, -0.15) is 0 Å². The molecule has 1 unspecified atom stereocenters. The fraction of sp³-hybridized carbons (Fsp3) is 0.421. The summed E-state index contributed by atoms with van der Waals surface area (Å²) >= 11 is 0. The number of ether oxygens (including phenoxy) is 2. The number of carbonyl (C=O) groups excluding carboxylic acids is 2. The molecular weight excluding hydrogens is 352 g/mol. The van der Waals surface area contributed by atoms with Gasteiger partial charge in [0.05, 0.1) is 23.7 Å². The Morgan fingerprint density at radius 3 is 2.41 bits per heavy atom. The highest BCUT2D eigenvalue weighted by molar-refractivity contribution is 6.07.